The maximum absolute atomic E-state index is 13.0. The number of benzene rings is 1. The Morgan fingerprint density at radius 2 is 1.87 bits per heavy atom. The van der Waals surface area contributed by atoms with Crippen LogP contribution >= 0.6 is 11.3 Å². The van der Waals surface area contributed by atoms with Crippen molar-refractivity contribution < 1.29 is 13.2 Å². The molecule has 0 spiro atoms. The van der Waals surface area contributed by atoms with Gasteiger partial charge >= 0.3 is 0 Å². The topological polar surface area (TPSA) is 111 Å². The summed E-state index contributed by atoms with van der Waals surface area (Å²) in [4.78, 5) is 15.9. The molecule has 8 nitrogen and oxygen atoms in total. The van der Waals surface area contributed by atoms with Gasteiger partial charge in [0.15, 0.2) is 5.82 Å². The minimum atomic E-state index is -3.47. The lowest BCUT2D eigenvalue weighted by Gasteiger charge is -2.28. The summed E-state index contributed by atoms with van der Waals surface area (Å²) in [5.74, 6) is 1.21. The highest BCUT2D eigenvalue weighted by molar-refractivity contribution is 7.94. The maximum Gasteiger partial charge on any atom is 0.209 e. The number of ether oxygens (including phenoxy) is 1. The first-order valence-corrected chi connectivity index (χ1v) is 12.6. The smallest absolute Gasteiger partial charge is 0.209 e. The molecule has 0 bridgehead atoms. The summed E-state index contributed by atoms with van der Waals surface area (Å²) < 4.78 is 31.7. The van der Waals surface area contributed by atoms with Gasteiger partial charge in [-0.15, -0.1) is 11.3 Å². The van der Waals surface area contributed by atoms with Crippen LogP contribution in [-0.2, 0) is 14.6 Å². The average Bonchev–Trinajstić information content (AvgIpc) is 3.49. The van der Waals surface area contributed by atoms with Gasteiger partial charge in [-0.05, 0) is 37.6 Å². The van der Waals surface area contributed by atoms with Crippen LogP contribution in [0.3, 0.4) is 0 Å². The Bertz CT molecular complexity index is 1200. The van der Waals surface area contributed by atoms with E-state index in [1.54, 1.807) is 12.3 Å². The zero-order chi connectivity index (χ0) is 21.6. The second-order valence-electron chi connectivity index (χ2n) is 7.88. The number of anilines is 2. The fraction of sp³-hybridized carbons (Fsp3) is 0.381. The highest BCUT2D eigenvalue weighted by atomic mass is 32.2. The Morgan fingerprint density at radius 1 is 1.13 bits per heavy atom. The predicted octanol–water partition coefficient (Wildman–Crippen LogP) is 2.66. The van der Waals surface area contributed by atoms with Gasteiger partial charge in [0.2, 0.25) is 14.2 Å². The molecule has 3 aromatic rings. The van der Waals surface area contributed by atoms with E-state index in [0.29, 0.717) is 31.1 Å². The number of aryl methyl sites for hydroxylation is 1. The van der Waals surface area contributed by atoms with E-state index in [0.717, 1.165) is 35.9 Å². The normalized spacial score (nSPS) is 21.3. The molecule has 1 saturated heterocycles. The van der Waals surface area contributed by atoms with Crippen molar-refractivity contribution in [3.05, 3.63) is 47.1 Å². The van der Waals surface area contributed by atoms with Crippen LogP contribution in [0.15, 0.2) is 40.1 Å². The molecule has 0 radical (unpaired) electrons. The Hall–Kier alpha value is -2.56. The number of hydrogen-bond donors (Lipinski definition) is 1. The third kappa shape index (κ3) is 4.02. The molecule has 5 rings (SSSR count). The van der Waals surface area contributed by atoms with Crippen molar-refractivity contribution in [1.82, 2.24) is 15.0 Å². The molecule has 31 heavy (non-hydrogen) atoms. The quantitative estimate of drug-likeness (QED) is 0.582. The molecule has 1 saturated carbocycles. The molecular weight excluding hydrogens is 434 g/mol. The van der Waals surface area contributed by atoms with Crippen LogP contribution in [-0.4, -0.2) is 54.9 Å². The van der Waals surface area contributed by atoms with Gasteiger partial charge in [0.25, 0.3) is 0 Å². The van der Waals surface area contributed by atoms with E-state index in [1.807, 2.05) is 30.3 Å². The Balaban J connectivity index is 1.50. The summed E-state index contributed by atoms with van der Waals surface area (Å²) in [6, 6.07) is 9.33. The molecule has 1 aliphatic heterocycles. The summed E-state index contributed by atoms with van der Waals surface area (Å²) in [5.41, 5.74) is 8.82. The minimum Gasteiger partial charge on any atom is -0.399 e. The number of nitrogens with two attached hydrogens (primary N) is 1. The molecule has 2 unspecified atom stereocenters. The molecule has 2 aliphatic rings. The molecular formula is C21H23N5O3S2. The van der Waals surface area contributed by atoms with Crippen molar-refractivity contribution in [3.8, 4) is 11.4 Å². The molecule has 1 aliphatic carbocycles. The summed E-state index contributed by atoms with van der Waals surface area (Å²) in [6.45, 7) is 4.56. The van der Waals surface area contributed by atoms with E-state index >= 15 is 0 Å². The van der Waals surface area contributed by atoms with Crippen LogP contribution < -0.4 is 10.6 Å². The number of aromatic nitrogens is 3. The average molecular weight is 458 g/mol. The molecule has 2 atom stereocenters. The van der Waals surface area contributed by atoms with Crippen molar-refractivity contribution in [1.29, 1.82) is 0 Å². The van der Waals surface area contributed by atoms with Crippen molar-refractivity contribution in [2.24, 2.45) is 0 Å². The molecule has 1 aromatic carbocycles. The van der Waals surface area contributed by atoms with Crippen molar-refractivity contribution >= 4 is 32.7 Å². The third-order valence-corrected chi connectivity index (χ3v) is 9.22. The lowest BCUT2D eigenvalue weighted by Crippen LogP contribution is -2.37. The largest absolute Gasteiger partial charge is 0.399 e. The fourth-order valence-electron chi connectivity index (χ4n) is 3.78. The van der Waals surface area contributed by atoms with E-state index in [4.69, 9.17) is 20.4 Å². The Morgan fingerprint density at radius 3 is 2.55 bits per heavy atom. The number of hydrogen-bond acceptors (Lipinski definition) is 9. The van der Waals surface area contributed by atoms with Crippen LogP contribution in [0.1, 0.15) is 23.7 Å². The summed E-state index contributed by atoms with van der Waals surface area (Å²) in [5, 5.41) is 1.27. The van der Waals surface area contributed by atoms with Crippen LogP contribution in [0, 0.1) is 6.92 Å². The van der Waals surface area contributed by atoms with Gasteiger partial charge in [-0.3, -0.25) is 0 Å². The van der Waals surface area contributed by atoms with Crippen LogP contribution in [0.2, 0.25) is 0 Å². The number of nitrogen functional groups attached to an aromatic ring is 1. The second kappa shape index (κ2) is 7.85. The van der Waals surface area contributed by atoms with E-state index in [-0.39, 0.29) is 10.3 Å². The minimum absolute atomic E-state index is 0.162. The zero-order valence-electron chi connectivity index (χ0n) is 17.1. The van der Waals surface area contributed by atoms with Gasteiger partial charge in [-0.1, -0.05) is 0 Å². The lowest BCUT2D eigenvalue weighted by molar-refractivity contribution is 0.122. The molecule has 10 heteroatoms. The Kier molecular flexibility index (Phi) is 5.15. The standard InChI is InChI=1S/C21H23N5O3S2/c1-13-12-30-21(23-13)31(27,28)18-10-16(18)17-11-19(26-6-8-29-9-7-26)25-20(24-17)14-2-4-15(22)5-3-14/h2-5,11-12,16,18H,6-10,22H2,1H3. The zero-order valence-corrected chi connectivity index (χ0v) is 18.7. The van der Waals surface area contributed by atoms with E-state index in [2.05, 4.69) is 9.88 Å². The van der Waals surface area contributed by atoms with Crippen molar-refractivity contribution in [2.45, 2.75) is 28.9 Å². The first kappa shape index (κ1) is 20.3. The predicted molar refractivity (Wildman–Crippen MR) is 120 cm³/mol. The SMILES string of the molecule is Cc1csc(S(=O)(=O)C2CC2c2cc(N3CCOCC3)nc(-c3ccc(N)cc3)n2)n1. The monoisotopic (exact) mass is 457 g/mol. The van der Waals surface area contributed by atoms with Gasteiger partial charge in [-0.2, -0.15) is 0 Å². The second-order valence-corrected chi connectivity index (χ2v) is 11.1. The first-order valence-electron chi connectivity index (χ1n) is 10.2. The number of sulfone groups is 1. The highest BCUT2D eigenvalue weighted by Crippen LogP contribution is 2.48. The number of morpholine rings is 1. The van der Waals surface area contributed by atoms with Gasteiger partial charge in [-0.25, -0.2) is 23.4 Å². The van der Waals surface area contributed by atoms with Crippen molar-refractivity contribution in [2.75, 3.05) is 36.9 Å². The molecule has 162 valence electrons. The maximum atomic E-state index is 13.0. The van der Waals surface area contributed by atoms with Crippen LogP contribution in [0.25, 0.3) is 11.4 Å². The van der Waals surface area contributed by atoms with E-state index in [1.165, 1.54) is 11.3 Å². The van der Waals surface area contributed by atoms with Gasteiger partial charge in [0.1, 0.15) is 5.82 Å². The van der Waals surface area contributed by atoms with Crippen molar-refractivity contribution in [3.63, 3.8) is 0 Å². The molecule has 2 N–H and O–H groups in total. The first-order chi connectivity index (χ1) is 14.9. The Labute approximate surface area is 185 Å². The van der Waals surface area contributed by atoms with Gasteiger partial charge in [0.05, 0.1) is 24.2 Å². The summed E-state index contributed by atoms with van der Waals surface area (Å²) in [7, 11) is -3.47. The number of rotatable bonds is 5. The molecule has 0 amide bonds. The molecule has 2 fully saturated rings. The van der Waals surface area contributed by atoms with Crippen LogP contribution in [0.5, 0.6) is 0 Å². The van der Waals surface area contributed by atoms with E-state index in [9.17, 15) is 8.42 Å². The highest BCUT2D eigenvalue weighted by Gasteiger charge is 2.51. The fourth-order valence-corrected chi connectivity index (χ4v) is 6.91. The van der Waals surface area contributed by atoms with Crippen LogP contribution in [0.4, 0.5) is 11.5 Å². The lowest BCUT2D eigenvalue weighted by atomic mass is 10.1. The number of nitrogens with zero attached hydrogens (tertiary/aromatic N) is 4. The van der Waals surface area contributed by atoms with E-state index < -0.39 is 15.1 Å². The van der Waals surface area contributed by atoms with Gasteiger partial charge < -0.3 is 15.4 Å². The number of thiazole rings is 1. The van der Waals surface area contributed by atoms with Gasteiger partial charge in [0, 0.05) is 47.4 Å². The third-order valence-electron chi connectivity index (χ3n) is 5.59. The summed E-state index contributed by atoms with van der Waals surface area (Å²) in [6.07, 6.45) is 0.543. The molecule has 3 heterocycles. The molecule has 2 aromatic heterocycles. The summed E-state index contributed by atoms with van der Waals surface area (Å²) >= 11 is 1.18.